The summed E-state index contributed by atoms with van der Waals surface area (Å²) in [5.74, 6) is -0.322. The first-order valence-corrected chi connectivity index (χ1v) is 9.35. The average molecular weight is 325 g/mol. The zero-order valence-electron chi connectivity index (χ0n) is 13.0. The van der Waals surface area contributed by atoms with Crippen LogP contribution >= 0.6 is 0 Å². The Kier molecular flexibility index (Phi) is 5.58. The SMILES string of the molecule is CCCS(=O)(=O)c1ccccc1C(=O)NC(C)C1CCCO1. The van der Waals surface area contributed by atoms with Gasteiger partial charge < -0.3 is 10.1 Å². The van der Waals surface area contributed by atoms with Crippen molar-refractivity contribution >= 4 is 15.7 Å². The van der Waals surface area contributed by atoms with Crippen LogP contribution in [0.5, 0.6) is 0 Å². The Morgan fingerprint density at radius 2 is 2.14 bits per heavy atom. The molecule has 122 valence electrons. The molecule has 2 unspecified atom stereocenters. The van der Waals surface area contributed by atoms with Crippen molar-refractivity contribution in [3.8, 4) is 0 Å². The van der Waals surface area contributed by atoms with E-state index in [4.69, 9.17) is 4.74 Å². The number of rotatable bonds is 6. The third-order valence-electron chi connectivity index (χ3n) is 3.82. The maximum absolute atomic E-state index is 12.5. The second kappa shape index (κ2) is 7.24. The zero-order chi connectivity index (χ0) is 16.2. The van der Waals surface area contributed by atoms with Crippen LogP contribution < -0.4 is 5.32 Å². The fourth-order valence-corrected chi connectivity index (χ4v) is 4.22. The monoisotopic (exact) mass is 325 g/mol. The average Bonchev–Trinajstić information content (AvgIpc) is 3.01. The third-order valence-corrected chi connectivity index (χ3v) is 5.79. The maximum Gasteiger partial charge on any atom is 0.252 e. The van der Waals surface area contributed by atoms with Gasteiger partial charge in [-0.25, -0.2) is 8.42 Å². The highest BCUT2D eigenvalue weighted by Gasteiger charge is 2.26. The fraction of sp³-hybridized carbons (Fsp3) is 0.562. The van der Waals surface area contributed by atoms with Gasteiger partial charge in [-0.3, -0.25) is 4.79 Å². The number of ether oxygens (including phenoxy) is 1. The molecule has 1 saturated heterocycles. The number of hydrogen-bond acceptors (Lipinski definition) is 4. The Labute approximate surface area is 132 Å². The summed E-state index contributed by atoms with van der Waals surface area (Å²) in [5.41, 5.74) is 0.209. The van der Waals surface area contributed by atoms with E-state index in [1.165, 1.54) is 6.07 Å². The van der Waals surface area contributed by atoms with Gasteiger partial charge in [-0.05, 0) is 38.3 Å². The fourth-order valence-electron chi connectivity index (χ4n) is 2.68. The molecule has 0 radical (unpaired) electrons. The summed E-state index contributed by atoms with van der Waals surface area (Å²) in [4.78, 5) is 12.6. The van der Waals surface area contributed by atoms with E-state index in [9.17, 15) is 13.2 Å². The second-order valence-electron chi connectivity index (χ2n) is 5.63. The number of amides is 1. The molecule has 1 amide bonds. The normalized spacial score (nSPS) is 19.8. The molecule has 6 heteroatoms. The minimum atomic E-state index is -3.43. The Bertz CT molecular complexity index is 621. The third kappa shape index (κ3) is 3.87. The summed E-state index contributed by atoms with van der Waals surface area (Å²) in [6.07, 6.45) is 2.43. The Balaban J connectivity index is 2.19. The Morgan fingerprint density at radius 3 is 2.77 bits per heavy atom. The highest BCUT2D eigenvalue weighted by Crippen LogP contribution is 2.19. The number of sulfone groups is 1. The van der Waals surface area contributed by atoms with Gasteiger partial charge in [0.2, 0.25) is 0 Å². The lowest BCUT2D eigenvalue weighted by molar-refractivity contribution is 0.0710. The van der Waals surface area contributed by atoms with Gasteiger partial charge in [0.25, 0.3) is 5.91 Å². The molecular weight excluding hydrogens is 302 g/mol. The van der Waals surface area contributed by atoms with E-state index in [-0.39, 0.29) is 34.3 Å². The van der Waals surface area contributed by atoms with Crippen LogP contribution in [0.25, 0.3) is 0 Å². The van der Waals surface area contributed by atoms with E-state index in [1.54, 1.807) is 25.1 Å². The van der Waals surface area contributed by atoms with Crippen LogP contribution in [0.2, 0.25) is 0 Å². The van der Waals surface area contributed by atoms with Crippen LogP contribution in [-0.2, 0) is 14.6 Å². The van der Waals surface area contributed by atoms with E-state index in [2.05, 4.69) is 5.32 Å². The van der Waals surface area contributed by atoms with Crippen LogP contribution in [0.3, 0.4) is 0 Å². The van der Waals surface area contributed by atoms with Gasteiger partial charge in [0.05, 0.1) is 28.4 Å². The van der Waals surface area contributed by atoms with E-state index >= 15 is 0 Å². The van der Waals surface area contributed by atoms with Crippen molar-refractivity contribution in [2.45, 2.75) is 50.2 Å². The molecule has 0 saturated carbocycles. The first-order valence-electron chi connectivity index (χ1n) is 7.70. The molecule has 0 aliphatic carbocycles. The molecule has 1 heterocycles. The van der Waals surface area contributed by atoms with Crippen molar-refractivity contribution in [2.75, 3.05) is 12.4 Å². The van der Waals surface area contributed by atoms with Crippen LogP contribution in [0.1, 0.15) is 43.5 Å². The number of hydrogen-bond donors (Lipinski definition) is 1. The van der Waals surface area contributed by atoms with Gasteiger partial charge in [-0.15, -0.1) is 0 Å². The molecule has 1 aromatic carbocycles. The van der Waals surface area contributed by atoms with Gasteiger partial charge in [0.15, 0.2) is 9.84 Å². The molecule has 2 rings (SSSR count). The first kappa shape index (κ1) is 17.0. The van der Waals surface area contributed by atoms with Gasteiger partial charge in [0, 0.05) is 6.61 Å². The molecule has 1 aliphatic rings. The van der Waals surface area contributed by atoms with Crippen molar-refractivity contribution in [2.24, 2.45) is 0 Å². The van der Waals surface area contributed by atoms with Crippen molar-refractivity contribution in [1.82, 2.24) is 5.32 Å². The summed E-state index contributed by atoms with van der Waals surface area (Å²) in [6.45, 7) is 4.41. The molecular formula is C16H23NO4S. The van der Waals surface area contributed by atoms with Gasteiger partial charge in [-0.1, -0.05) is 19.1 Å². The molecule has 1 aliphatic heterocycles. The van der Waals surface area contributed by atoms with Crippen molar-refractivity contribution in [3.63, 3.8) is 0 Å². The predicted octanol–water partition coefficient (Wildman–Crippen LogP) is 2.17. The van der Waals surface area contributed by atoms with Crippen molar-refractivity contribution in [3.05, 3.63) is 29.8 Å². The number of nitrogens with one attached hydrogen (secondary N) is 1. The van der Waals surface area contributed by atoms with Crippen LogP contribution in [0.4, 0.5) is 0 Å². The lowest BCUT2D eigenvalue weighted by Gasteiger charge is -2.20. The number of benzene rings is 1. The van der Waals surface area contributed by atoms with E-state index in [0.717, 1.165) is 12.8 Å². The molecule has 1 N–H and O–H groups in total. The highest BCUT2D eigenvalue weighted by molar-refractivity contribution is 7.91. The highest BCUT2D eigenvalue weighted by atomic mass is 32.2. The van der Waals surface area contributed by atoms with Gasteiger partial charge in [-0.2, -0.15) is 0 Å². The van der Waals surface area contributed by atoms with Crippen LogP contribution in [-0.4, -0.2) is 38.8 Å². The topological polar surface area (TPSA) is 72.5 Å². The van der Waals surface area contributed by atoms with Gasteiger partial charge in [0.1, 0.15) is 0 Å². The van der Waals surface area contributed by atoms with Crippen molar-refractivity contribution in [1.29, 1.82) is 0 Å². The van der Waals surface area contributed by atoms with E-state index < -0.39 is 9.84 Å². The molecule has 2 atom stereocenters. The van der Waals surface area contributed by atoms with E-state index in [1.807, 2.05) is 6.92 Å². The molecule has 0 bridgehead atoms. The lowest BCUT2D eigenvalue weighted by Crippen LogP contribution is -2.41. The largest absolute Gasteiger partial charge is 0.376 e. The molecule has 0 aromatic heterocycles. The molecule has 1 aromatic rings. The maximum atomic E-state index is 12.5. The summed E-state index contributed by atoms with van der Waals surface area (Å²) in [6, 6.07) is 6.23. The second-order valence-corrected chi connectivity index (χ2v) is 7.71. The zero-order valence-corrected chi connectivity index (χ0v) is 13.9. The lowest BCUT2D eigenvalue weighted by atomic mass is 10.1. The Hall–Kier alpha value is -1.40. The summed E-state index contributed by atoms with van der Waals surface area (Å²) in [7, 11) is -3.43. The van der Waals surface area contributed by atoms with Crippen molar-refractivity contribution < 1.29 is 17.9 Å². The van der Waals surface area contributed by atoms with Gasteiger partial charge >= 0.3 is 0 Å². The quantitative estimate of drug-likeness (QED) is 0.870. The predicted molar refractivity (Wildman–Crippen MR) is 84.7 cm³/mol. The van der Waals surface area contributed by atoms with E-state index in [0.29, 0.717) is 13.0 Å². The molecule has 5 nitrogen and oxygen atoms in total. The standard InChI is InChI=1S/C16H23NO4S/c1-3-11-22(19,20)15-9-5-4-7-13(15)16(18)17-12(2)14-8-6-10-21-14/h4-5,7,9,12,14H,3,6,8,10-11H2,1-2H3,(H,17,18). The summed E-state index contributed by atoms with van der Waals surface area (Å²) < 4.78 is 30.1. The number of carbonyl (C=O) groups is 1. The minimum Gasteiger partial charge on any atom is -0.376 e. The molecule has 0 spiro atoms. The Morgan fingerprint density at radius 1 is 1.41 bits per heavy atom. The molecule has 22 heavy (non-hydrogen) atoms. The summed E-state index contributed by atoms with van der Waals surface area (Å²) in [5, 5.41) is 2.86. The summed E-state index contributed by atoms with van der Waals surface area (Å²) >= 11 is 0. The minimum absolute atomic E-state index is 0.00311. The molecule has 1 fully saturated rings. The van der Waals surface area contributed by atoms with Crippen LogP contribution in [0, 0.1) is 0 Å². The first-order chi connectivity index (χ1) is 10.5. The van der Waals surface area contributed by atoms with Crippen LogP contribution in [0.15, 0.2) is 29.2 Å². The number of carbonyl (C=O) groups excluding carboxylic acids is 1. The smallest absolute Gasteiger partial charge is 0.252 e.